The predicted molar refractivity (Wildman–Crippen MR) is 200 cm³/mol. The molecule has 0 spiro atoms. The Morgan fingerprint density at radius 3 is 2.62 bits per heavy atom. The largest absolute Gasteiger partial charge is 0.460 e. The molecule has 0 aliphatic heterocycles. The maximum atomic E-state index is 10.5. The first-order valence-corrected chi connectivity index (χ1v) is 17.1. The molecule has 0 unspecified atom stereocenters. The molecule has 4 aromatic carbocycles. The van der Waals surface area contributed by atoms with Crippen molar-refractivity contribution in [3.63, 3.8) is 0 Å². The minimum atomic E-state index is 0.591. The van der Waals surface area contributed by atoms with Gasteiger partial charge in [-0.15, -0.1) is 0 Å². The van der Waals surface area contributed by atoms with Gasteiger partial charge >= 0.3 is 0 Å². The van der Waals surface area contributed by atoms with E-state index in [1.807, 2.05) is 19.1 Å². The molecule has 2 aromatic heterocycles. The van der Waals surface area contributed by atoms with Gasteiger partial charge in [-0.25, -0.2) is 0 Å². The van der Waals surface area contributed by atoms with Crippen LogP contribution in [0.2, 0.25) is 0 Å². The van der Waals surface area contributed by atoms with Crippen LogP contribution in [0.15, 0.2) is 108 Å². The summed E-state index contributed by atoms with van der Waals surface area (Å²) < 4.78 is 8.92. The predicted octanol–water partition coefficient (Wildman–Crippen LogP) is 11.5. The molecule has 4 nitrogen and oxygen atoms in total. The highest BCUT2D eigenvalue weighted by atomic mass is 16.3. The van der Waals surface area contributed by atoms with E-state index in [-0.39, 0.29) is 0 Å². The smallest absolute Gasteiger partial charge is 0.137 e. The van der Waals surface area contributed by atoms with E-state index in [1.165, 1.54) is 46.3 Å². The normalized spacial score (nSPS) is 13.9. The molecule has 0 fully saturated rings. The maximum absolute atomic E-state index is 10.5. The van der Waals surface area contributed by atoms with Crippen LogP contribution in [0.3, 0.4) is 0 Å². The quantitative estimate of drug-likeness (QED) is 0.166. The second-order valence-corrected chi connectivity index (χ2v) is 13.1. The number of fused-ring (bicyclic) bond motifs is 6. The van der Waals surface area contributed by atoms with Crippen LogP contribution >= 0.6 is 0 Å². The highest BCUT2D eigenvalue weighted by molar-refractivity contribution is 5.98. The van der Waals surface area contributed by atoms with Gasteiger partial charge in [0.2, 0.25) is 0 Å². The van der Waals surface area contributed by atoms with Crippen LogP contribution in [0.1, 0.15) is 66.8 Å². The first-order valence-electron chi connectivity index (χ1n) is 17.1. The Morgan fingerprint density at radius 1 is 0.979 bits per heavy atom. The number of anilines is 2. The standard InChI is InChI=1S/C44H39N3O/c1-4-5-25-46(41-27-43-38(26-37(41)29(2)3)36-16-8-11-20-42(36)48-43)44-31(28-45)13-12-17-33(44)30-21-23-32(24-22-30)47-39-18-9-6-14-34(39)35-15-7-10-19-40(35)47/h4-6,8-9,12-14,16-18,21-24,26-27H,2,7,10-11,15,19-20,25H2,1,3H3/b5-4-. The van der Waals surface area contributed by atoms with Gasteiger partial charge in [0.15, 0.2) is 0 Å². The number of aryl methyl sites for hydroxylation is 2. The molecule has 48 heavy (non-hydrogen) atoms. The first-order chi connectivity index (χ1) is 23.6. The molecule has 0 atom stereocenters. The van der Waals surface area contributed by atoms with Crippen LogP contribution in [-0.4, -0.2) is 11.1 Å². The summed E-state index contributed by atoms with van der Waals surface area (Å²) in [5, 5.41) is 13.0. The molecule has 8 rings (SSSR count). The first kappa shape index (κ1) is 29.8. The minimum Gasteiger partial charge on any atom is -0.460 e. The van der Waals surface area contributed by atoms with Crippen molar-refractivity contribution in [2.24, 2.45) is 0 Å². The lowest BCUT2D eigenvalue weighted by molar-refractivity contribution is 0.546. The van der Waals surface area contributed by atoms with E-state index in [4.69, 9.17) is 4.42 Å². The van der Waals surface area contributed by atoms with E-state index in [2.05, 4.69) is 120 Å². The topological polar surface area (TPSA) is 45.1 Å². The number of furan rings is 1. The van der Waals surface area contributed by atoms with Crippen molar-refractivity contribution < 1.29 is 4.42 Å². The number of benzene rings is 4. The molecule has 0 saturated heterocycles. The van der Waals surface area contributed by atoms with Crippen LogP contribution in [0, 0.1) is 11.3 Å². The molecule has 6 aromatic rings. The van der Waals surface area contributed by atoms with Gasteiger partial charge in [0.25, 0.3) is 0 Å². The number of nitrogens with zero attached hydrogens (tertiary/aromatic N) is 3. The van der Waals surface area contributed by atoms with Crippen molar-refractivity contribution in [1.82, 2.24) is 4.57 Å². The molecular weight excluding hydrogens is 587 g/mol. The van der Waals surface area contributed by atoms with Gasteiger partial charge in [-0.2, -0.15) is 5.26 Å². The van der Waals surface area contributed by atoms with Gasteiger partial charge in [-0.1, -0.05) is 73.3 Å². The molecule has 236 valence electrons. The maximum Gasteiger partial charge on any atom is 0.137 e. The highest BCUT2D eigenvalue weighted by Gasteiger charge is 2.25. The van der Waals surface area contributed by atoms with Crippen LogP contribution in [0.4, 0.5) is 11.4 Å². The minimum absolute atomic E-state index is 0.591. The SMILES string of the molecule is C=C(C)c1cc2c3c(oc2cc1N(C/C=C\C)c1c(C#N)cccc1-c1ccc(-n2c4c(c5ccccc52)CCCC4)cc1)CCC=C3. The summed E-state index contributed by atoms with van der Waals surface area (Å²) in [4.78, 5) is 2.26. The third-order valence-corrected chi connectivity index (χ3v) is 10.1. The number of hydrogen-bond donors (Lipinski definition) is 0. The van der Waals surface area contributed by atoms with Crippen molar-refractivity contribution >= 4 is 44.9 Å². The summed E-state index contributed by atoms with van der Waals surface area (Å²) in [5.74, 6) is 1.03. The van der Waals surface area contributed by atoms with Crippen molar-refractivity contribution in [2.75, 3.05) is 11.4 Å². The number of aromatic nitrogens is 1. The second-order valence-electron chi connectivity index (χ2n) is 13.1. The summed E-state index contributed by atoms with van der Waals surface area (Å²) in [7, 11) is 0. The van der Waals surface area contributed by atoms with Crippen LogP contribution in [0.5, 0.6) is 0 Å². The van der Waals surface area contributed by atoms with E-state index in [9.17, 15) is 5.26 Å². The summed E-state index contributed by atoms with van der Waals surface area (Å²) in [6.07, 6.45) is 15.2. The molecule has 4 heteroatoms. The Hall–Kier alpha value is -5.53. The molecule has 0 radical (unpaired) electrons. The lowest BCUT2D eigenvalue weighted by atomic mass is 9.95. The summed E-state index contributed by atoms with van der Waals surface area (Å²) in [6.45, 7) is 9.08. The zero-order valence-electron chi connectivity index (χ0n) is 27.7. The van der Waals surface area contributed by atoms with Crippen LogP contribution in [-0.2, 0) is 19.3 Å². The number of hydrogen-bond acceptors (Lipinski definition) is 3. The number of nitriles is 1. The Balaban J connectivity index is 1.29. The number of para-hydroxylation sites is 2. The Labute approximate surface area is 282 Å². The van der Waals surface area contributed by atoms with Gasteiger partial charge in [-0.05, 0) is 93.0 Å². The average molecular weight is 626 g/mol. The molecule has 0 amide bonds. The third kappa shape index (κ3) is 4.90. The molecule has 2 heterocycles. The van der Waals surface area contributed by atoms with Crippen LogP contribution in [0.25, 0.3) is 50.3 Å². The molecule has 0 N–H and O–H groups in total. The molecule has 2 aliphatic rings. The lowest BCUT2D eigenvalue weighted by Gasteiger charge is -2.29. The van der Waals surface area contributed by atoms with Crippen molar-refractivity contribution in [3.05, 3.63) is 137 Å². The Morgan fingerprint density at radius 2 is 1.81 bits per heavy atom. The third-order valence-electron chi connectivity index (χ3n) is 10.1. The van der Waals surface area contributed by atoms with Gasteiger partial charge in [0.1, 0.15) is 17.4 Å². The number of rotatable bonds is 7. The fourth-order valence-electron chi connectivity index (χ4n) is 7.81. The van der Waals surface area contributed by atoms with Crippen LogP contribution < -0.4 is 4.90 Å². The molecular formula is C44H39N3O. The Bertz CT molecular complexity index is 2320. The fourth-order valence-corrected chi connectivity index (χ4v) is 7.81. The number of allylic oxidation sites excluding steroid dienone is 3. The van der Waals surface area contributed by atoms with E-state index in [0.717, 1.165) is 76.1 Å². The van der Waals surface area contributed by atoms with Crippen molar-refractivity contribution in [1.29, 1.82) is 5.26 Å². The average Bonchev–Trinajstić information content (AvgIpc) is 3.66. The van der Waals surface area contributed by atoms with E-state index in [0.29, 0.717) is 12.1 Å². The van der Waals surface area contributed by atoms with E-state index >= 15 is 0 Å². The van der Waals surface area contributed by atoms with Gasteiger partial charge < -0.3 is 13.9 Å². The molecule has 2 aliphatic carbocycles. The van der Waals surface area contributed by atoms with E-state index < -0.39 is 0 Å². The summed E-state index contributed by atoms with van der Waals surface area (Å²) in [6, 6.07) is 30.7. The summed E-state index contributed by atoms with van der Waals surface area (Å²) in [5.41, 5.74) is 14.0. The van der Waals surface area contributed by atoms with Crippen molar-refractivity contribution in [3.8, 4) is 22.9 Å². The monoisotopic (exact) mass is 625 g/mol. The van der Waals surface area contributed by atoms with Gasteiger partial charge in [-0.3, -0.25) is 0 Å². The zero-order valence-corrected chi connectivity index (χ0v) is 27.7. The Kier molecular flexibility index (Phi) is 7.61. The zero-order chi connectivity index (χ0) is 32.8. The second kappa shape index (κ2) is 12.2. The van der Waals surface area contributed by atoms with Gasteiger partial charge in [0, 0.05) is 57.9 Å². The molecule has 0 saturated carbocycles. The molecule has 0 bridgehead atoms. The highest BCUT2D eigenvalue weighted by Crippen LogP contribution is 2.44. The summed E-state index contributed by atoms with van der Waals surface area (Å²) >= 11 is 0. The van der Waals surface area contributed by atoms with E-state index in [1.54, 1.807) is 0 Å². The lowest BCUT2D eigenvalue weighted by Crippen LogP contribution is -2.20. The van der Waals surface area contributed by atoms with Crippen molar-refractivity contribution in [2.45, 2.75) is 52.4 Å². The van der Waals surface area contributed by atoms with Gasteiger partial charge in [0.05, 0.1) is 22.5 Å². The fraction of sp³-hybridized carbons (Fsp3) is 0.205.